The molecule has 31 heavy (non-hydrogen) atoms. The molecule has 0 aliphatic rings. The smallest absolute Gasteiger partial charge is 0.259 e. The van der Waals surface area contributed by atoms with E-state index in [1.807, 2.05) is 0 Å². The van der Waals surface area contributed by atoms with Crippen LogP contribution < -0.4 is 30.2 Å². The summed E-state index contributed by atoms with van der Waals surface area (Å²) in [5.41, 5.74) is 6.29. The Morgan fingerprint density at radius 1 is 1.13 bits per heavy atom. The van der Waals surface area contributed by atoms with Gasteiger partial charge in [-0.2, -0.15) is 0 Å². The van der Waals surface area contributed by atoms with Crippen molar-refractivity contribution in [1.29, 1.82) is 0 Å². The predicted octanol–water partition coefficient (Wildman–Crippen LogP) is 0.942. The molecular formula is C22H23N3O6. The number of rotatable bonds is 9. The maximum absolute atomic E-state index is 13.4. The van der Waals surface area contributed by atoms with Crippen molar-refractivity contribution < 1.29 is 28.6 Å². The molecule has 9 nitrogen and oxygen atoms in total. The molecule has 9 heteroatoms. The number of terminal acetylenes is 1. The van der Waals surface area contributed by atoms with Crippen molar-refractivity contribution in [1.82, 2.24) is 5.32 Å². The summed E-state index contributed by atoms with van der Waals surface area (Å²) in [5.74, 6) is 1.36. The van der Waals surface area contributed by atoms with Crippen LogP contribution in [0.5, 0.6) is 17.2 Å². The number of ether oxygens (including phenoxy) is 3. The number of nitrogens with zero attached hydrogens (tertiary/aromatic N) is 1. The third kappa shape index (κ3) is 5.67. The van der Waals surface area contributed by atoms with E-state index < -0.39 is 18.4 Å². The molecule has 0 aliphatic heterocycles. The Kier molecular flexibility index (Phi) is 7.86. The molecule has 0 fully saturated rings. The minimum Gasteiger partial charge on any atom is -0.493 e. The van der Waals surface area contributed by atoms with Crippen molar-refractivity contribution in [3.63, 3.8) is 0 Å². The molecule has 0 atom stereocenters. The highest BCUT2D eigenvalue weighted by molar-refractivity contribution is 6.09. The molecule has 3 amide bonds. The standard InChI is InChI=1S/C22H23N3O6/c1-5-14-7-6-8-16(9-14)25(12-20(27)24-2)22(28)15-10-17(29-3)21(18(11-15)30-4)31-13-19(23)26/h1,6-11H,12-13H2,2-4H3,(H2,23,26)(H,24,27). The average molecular weight is 425 g/mol. The molecule has 2 rings (SSSR count). The first-order valence-electron chi connectivity index (χ1n) is 9.10. The minimum atomic E-state index is -0.686. The molecule has 0 spiro atoms. The van der Waals surface area contributed by atoms with E-state index >= 15 is 0 Å². The number of hydrogen-bond acceptors (Lipinski definition) is 6. The second kappa shape index (κ2) is 10.5. The summed E-state index contributed by atoms with van der Waals surface area (Å²) in [4.78, 5) is 37.8. The summed E-state index contributed by atoms with van der Waals surface area (Å²) >= 11 is 0. The number of benzene rings is 2. The summed E-state index contributed by atoms with van der Waals surface area (Å²) in [6, 6.07) is 9.53. The van der Waals surface area contributed by atoms with E-state index in [0.29, 0.717) is 11.3 Å². The Morgan fingerprint density at radius 2 is 1.77 bits per heavy atom. The number of carbonyl (C=O) groups excluding carboxylic acids is 3. The molecule has 0 saturated carbocycles. The number of primary amides is 1. The quantitative estimate of drug-likeness (QED) is 0.577. The third-order valence-electron chi connectivity index (χ3n) is 4.22. The van der Waals surface area contributed by atoms with E-state index in [9.17, 15) is 14.4 Å². The zero-order chi connectivity index (χ0) is 23.0. The Hall–Kier alpha value is -4.19. The van der Waals surface area contributed by atoms with E-state index in [-0.39, 0.29) is 35.3 Å². The second-order valence-electron chi connectivity index (χ2n) is 6.22. The summed E-state index contributed by atoms with van der Waals surface area (Å²) in [6.07, 6.45) is 5.46. The van der Waals surface area contributed by atoms with Crippen LogP contribution in [0.1, 0.15) is 15.9 Å². The van der Waals surface area contributed by atoms with Gasteiger partial charge in [0.05, 0.1) is 14.2 Å². The molecule has 0 aromatic heterocycles. The molecule has 0 heterocycles. The van der Waals surface area contributed by atoms with Gasteiger partial charge < -0.3 is 25.3 Å². The van der Waals surface area contributed by atoms with Gasteiger partial charge in [-0.3, -0.25) is 19.3 Å². The van der Waals surface area contributed by atoms with Gasteiger partial charge in [-0.25, -0.2) is 0 Å². The highest BCUT2D eigenvalue weighted by atomic mass is 16.5. The Balaban J connectivity index is 2.53. The van der Waals surface area contributed by atoms with Crippen molar-refractivity contribution in [2.24, 2.45) is 5.73 Å². The first-order valence-corrected chi connectivity index (χ1v) is 9.10. The fraction of sp³-hybridized carbons (Fsp3) is 0.227. The average Bonchev–Trinajstić information content (AvgIpc) is 2.79. The van der Waals surface area contributed by atoms with Gasteiger partial charge in [0.25, 0.3) is 11.8 Å². The number of anilines is 1. The maximum atomic E-state index is 13.4. The molecule has 0 aliphatic carbocycles. The van der Waals surface area contributed by atoms with Crippen molar-refractivity contribution in [3.05, 3.63) is 47.5 Å². The molecule has 3 N–H and O–H groups in total. The SMILES string of the molecule is C#Cc1cccc(N(CC(=O)NC)C(=O)c2cc(OC)c(OCC(N)=O)c(OC)c2)c1. The summed E-state index contributed by atoms with van der Waals surface area (Å²) in [6.45, 7) is -0.643. The van der Waals surface area contributed by atoms with Gasteiger partial charge in [-0.1, -0.05) is 12.0 Å². The van der Waals surface area contributed by atoms with Gasteiger partial charge in [0.15, 0.2) is 18.1 Å². The van der Waals surface area contributed by atoms with Crippen LogP contribution in [0.25, 0.3) is 0 Å². The van der Waals surface area contributed by atoms with Crippen LogP contribution in [0.15, 0.2) is 36.4 Å². The van der Waals surface area contributed by atoms with Crippen LogP contribution in [-0.4, -0.2) is 52.1 Å². The van der Waals surface area contributed by atoms with Gasteiger partial charge >= 0.3 is 0 Å². The minimum absolute atomic E-state index is 0.118. The molecule has 2 aromatic rings. The molecule has 0 bridgehead atoms. The zero-order valence-corrected chi connectivity index (χ0v) is 17.4. The Labute approximate surface area is 180 Å². The summed E-state index contributed by atoms with van der Waals surface area (Å²) in [5, 5.41) is 2.50. The van der Waals surface area contributed by atoms with Gasteiger partial charge in [-0.05, 0) is 30.3 Å². The van der Waals surface area contributed by atoms with E-state index in [4.69, 9.17) is 26.4 Å². The topological polar surface area (TPSA) is 120 Å². The van der Waals surface area contributed by atoms with E-state index in [1.165, 1.54) is 38.3 Å². The van der Waals surface area contributed by atoms with Crippen LogP contribution in [0.2, 0.25) is 0 Å². The fourth-order valence-corrected chi connectivity index (χ4v) is 2.71. The first kappa shape index (κ1) is 23.1. The van der Waals surface area contributed by atoms with Gasteiger partial charge in [0.1, 0.15) is 6.54 Å². The maximum Gasteiger partial charge on any atom is 0.259 e. The van der Waals surface area contributed by atoms with Crippen LogP contribution in [0.4, 0.5) is 5.69 Å². The summed E-state index contributed by atoms with van der Waals surface area (Å²) < 4.78 is 16.0. The number of hydrogen-bond donors (Lipinski definition) is 2. The zero-order valence-electron chi connectivity index (χ0n) is 17.4. The fourth-order valence-electron chi connectivity index (χ4n) is 2.71. The van der Waals surface area contributed by atoms with E-state index in [0.717, 1.165) is 0 Å². The normalized spacial score (nSPS) is 9.87. The number of methoxy groups -OCH3 is 2. The lowest BCUT2D eigenvalue weighted by atomic mass is 10.1. The molecule has 2 aromatic carbocycles. The van der Waals surface area contributed by atoms with Crippen LogP contribution >= 0.6 is 0 Å². The Bertz CT molecular complexity index is 1000. The third-order valence-corrected chi connectivity index (χ3v) is 4.22. The number of amides is 3. The van der Waals surface area contributed by atoms with Gasteiger partial charge in [-0.15, -0.1) is 6.42 Å². The number of nitrogens with one attached hydrogen (secondary N) is 1. The van der Waals surface area contributed by atoms with Crippen LogP contribution in [0, 0.1) is 12.3 Å². The van der Waals surface area contributed by atoms with Crippen LogP contribution in [0.3, 0.4) is 0 Å². The van der Waals surface area contributed by atoms with E-state index in [1.54, 1.807) is 24.3 Å². The monoisotopic (exact) mass is 425 g/mol. The molecule has 0 saturated heterocycles. The van der Waals surface area contributed by atoms with Crippen molar-refractivity contribution >= 4 is 23.4 Å². The predicted molar refractivity (Wildman–Crippen MR) is 114 cm³/mol. The number of carbonyl (C=O) groups is 3. The van der Waals surface area contributed by atoms with Crippen LogP contribution in [-0.2, 0) is 9.59 Å². The van der Waals surface area contributed by atoms with Crippen molar-refractivity contribution in [2.75, 3.05) is 39.3 Å². The lowest BCUT2D eigenvalue weighted by Gasteiger charge is -2.23. The lowest BCUT2D eigenvalue weighted by molar-refractivity contribution is -0.120. The van der Waals surface area contributed by atoms with Crippen molar-refractivity contribution in [3.8, 4) is 29.6 Å². The van der Waals surface area contributed by atoms with E-state index in [2.05, 4.69) is 11.2 Å². The molecule has 0 radical (unpaired) electrons. The molecule has 0 unspecified atom stereocenters. The second-order valence-corrected chi connectivity index (χ2v) is 6.22. The number of likely N-dealkylation sites (N-methyl/N-ethyl adjacent to an activating group) is 1. The van der Waals surface area contributed by atoms with Gasteiger partial charge in [0.2, 0.25) is 11.7 Å². The molecular weight excluding hydrogens is 402 g/mol. The highest BCUT2D eigenvalue weighted by Crippen LogP contribution is 2.39. The molecule has 162 valence electrons. The highest BCUT2D eigenvalue weighted by Gasteiger charge is 2.24. The largest absolute Gasteiger partial charge is 0.493 e. The lowest BCUT2D eigenvalue weighted by Crippen LogP contribution is -2.39. The summed E-state index contributed by atoms with van der Waals surface area (Å²) in [7, 11) is 4.22. The number of nitrogens with two attached hydrogens (primary N) is 1. The van der Waals surface area contributed by atoms with Gasteiger partial charge in [0, 0.05) is 23.9 Å². The van der Waals surface area contributed by atoms with Crippen molar-refractivity contribution in [2.45, 2.75) is 0 Å². The Morgan fingerprint density at radius 3 is 2.29 bits per heavy atom. The first-order chi connectivity index (χ1) is 14.8.